The van der Waals surface area contributed by atoms with Crippen molar-refractivity contribution >= 4 is 23.1 Å². The average Bonchev–Trinajstić information content (AvgIpc) is 2.25. The maximum Gasteiger partial charge on any atom is 0.158 e. The third-order valence-corrected chi connectivity index (χ3v) is 4.20. The normalized spacial score (nSPS) is 19.4. The third-order valence-electron chi connectivity index (χ3n) is 2.71. The zero-order valence-corrected chi connectivity index (χ0v) is 10.6. The third kappa shape index (κ3) is 1.81. The fourth-order valence-electron chi connectivity index (χ4n) is 1.65. The van der Waals surface area contributed by atoms with Crippen LogP contribution in [-0.4, -0.2) is 31.0 Å². The van der Waals surface area contributed by atoms with Gasteiger partial charge in [0.2, 0.25) is 0 Å². The van der Waals surface area contributed by atoms with Gasteiger partial charge in [-0.1, -0.05) is 11.8 Å². The number of ether oxygens (including phenoxy) is 1. The predicted molar refractivity (Wildman–Crippen MR) is 68.8 cm³/mol. The number of hydrogen-bond donors (Lipinski definition) is 2. The summed E-state index contributed by atoms with van der Waals surface area (Å²) in [5.41, 5.74) is 14.4. The lowest BCUT2D eigenvalue weighted by Crippen LogP contribution is -2.33. The van der Waals surface area contributed by atoms with Crippen molar-refractivity contribution in [3.8, 4) is 5.75 Å². The van der Waals surface area contributed by atoms with E-state index in [4.69, 9.17) is 16.2 Å². The number of nitrogens with two attached hydrogens (primary N) is 2. The van der Waals surface area contributed by atoms with Crippen molar-refractivity contribution < 1.29 is 4.74 Å². The van der Waals surface area contributed by atoms with Crippen LogP contribution in [0.4, 0.5) is 11.4 Å². The Morgan fingerprint density at radius 1 is 1.44 bits per heavy atom. The van der Waals surface area contributed by atoms with Gasteiger partial charge in [-0.25, -0.2) is 0 Å². The number of benzene rings is 1. The van der Waals surface area contributed by atoms with Gasteiger partial charge in [0.05, 0.1) is 16.0 Å². The minimum absolute atomic E-state index is 0.289. The Kier molecular flexibility index (Phi) is 2.90. The molecule has 0 saturated heterocycles. The van der Waals surface area contributed by atoms with Crippen molar-refractivity contribution in [1.82, 2.24) is 4.90 Å². The van der Waals surface area contributed by atoms with Crippen molar-refractivity contribution in [3.63, 3.8) is 0 Å². The Balaban J connectivity index is 2.43. The molecule has 0 bridgehead atoms. The van der Waals surface area contributed by atoms with E-state index in [9.17, 15) is 0 Å². The number of nitrogens with zero attached hydrogens (tertiary/aromatic N) is 1. The highest BCUT2D eigenvalue weighted by molar-refractivity contribution is 8.00. The maximum absolute atomic E-state index is 6.00. The number of hydrogen-bond acceptors (Lipinski definition) is 5. The largest absolute Gasteiger partial charge is 0.488 e. The number of anilines is 2. The first-order valence-corrected chi connectivity index (χ1v) is 6.03. The van der Waals surface area contributed by atoms with Crippen molar-refractivity contribution in [1.29, 1.82) is 0 Å². The van der Waals surface area contributed by atoms with E-state index in [1.54, 1.807) is 11.8 Å². The summed E-state index contributed by atoms with van der Waals surface area (Å²) < 4.78 is 5.72. The van der Waals surface area contributed by atoms with Crippen LogP contribution in [0.1, 0.15) is 5.56 Å². The summed E-state index contributed by atoms with van der Waals surface area (Å²) in [6.07, 6.45) is 0. The number of rotatable bonds is 1. The summed E-state index contributed by atoms with van der Waals surface area (Å²) >= 11 is 1.71. The minimum Gasteiger partial charge on any atom is -0.488 e. The van der Waals surface area contributed by atoms with Gasteiger partial charge in [0.25, 0.3) is 0 Å². The fourth-order valence-corrected chi connectivity index (χ4v) is 2.74. The maximum atomic E-state index is 6.00. The minimum atomic E-state index is 0.289. The van der Waals surface area contributed by atoms with Crippen LogP contribution in [0.3, 0.4) is 0 Å². The lowest BCUT2D eigenvalue weighted by Gasteiger charge is -2.31. The molecule has 0 spiro atoms. The highest BCUT2D eigenvalue weighted by Crippen LogP contribution is 2.46. The van der Waals surface area contributed by atoms with Gasteiger partial charge in [-0.05, 0) is 32.6 Å². The molecule has 0 aliphatic carbocycles. The Bertz CT molecular complexity index is 420. The van der Waals surface area contributed by atoms with Crippen molar-refractivity contribution in [2.24, 2.45) is 0 Å². The van der Waals surface area contributed by atoms with Crippen LogP contribution in [0.5, 0.6) is 5.75 Å². The van der Waals surface area contributed by atoms with Crippen LogP contribution < -0.4 is 16.2 Å². The van der Waals surface area contributed by atoms with Gasteiger partial charge >= 0.3 is 0 Å². The van der Waals surface area contributed by atoms with E-state index in [1.807, 2.05) is 27.1 Å². The number of aryl methyl sites for hydroxylation is 1. The van der Waals surface area contributed by atoms with E-state index in [2.05, 4.69) is 4.90 Å². The van der Waals surface area contributed by atoms with Gasteiger partial charge in [0.15, 0.2) is 5.75 Å². The molecule has 1 aliphatic rings. The van der Waals surface area contributed by atoms with E-state index in [0.717, 1.165) is 21.9 Å². The van der Waals surface area contributed by atoms with Crippen molar-refractivity contribution in [2.75, 3.05) is 32.2 Å². The standard InChI is InChI=1S/C11H17N3OS/c1-6-4-7(12)11-10(9(6)13)15-5-8(16-11)14(2)3/h4,8H,5,12-13H2,1-3H3. The molecule has 1 aromatic carbocycles. The molecule has 0 aromatic heterocycles. The second-order valence-electron chi connectivity index (χ2n) is 4.20. The van der Waals surface area contributed by atoms with Gasteiger partial charge in [0.1, 0.15) is 6.61 Å². The molecule has 1 aromatic rings. The lowest BCUT2D eigenvalue weighted by molar-refractivity contribution is 0.231. The number of nitrogen functional groups attached to an aromatic ring is 2. The second kappa shape index (κ2) is 4.07. The van der Waals surface area contributed by atoms with Gasteiger partial charge in [-0.3, -0.25) is 4.90 Å². The van der Waals surface area contributed by atoms with Gasteiger partial charge in [-0.15, -0.1) is 0 Å². The first kappa shape index (κ1) is 11.4. The summed E-state index contributed by atoms with van der Waals surface area (Å²) in [5, 5.41) is 0.289. The molecule has 0 fully saturated rings. The predicted octanol–water partition coefficient (Wildman–Crippen LogP) is 1.53. The number of fused-ring (bicyclic) bond motifs is 1. The Hall–Kier alpha value is -1.07. The van der Waals surface area contributed by atoms with Crippen LogP contribution in [0, 0.1) is 6.92 Å². The molecule has 1 atom stereocenters. The number of thioether (sulfide) groups is 1. The van der Waals surface area contributed by atoms with E-state index in [-0.39, 0.29) is 5.37 Å². The molecule has 0 amide bonds. The first-order valence-electron chi connectivity index (χ1n) is 5.15. The SMILES string of the molecule is Cc1cc(N)c2c(c1N)OCC(N(C)C)S2. The molecule has 88 valence electrons. The van der Waals surface area contributed by atoms with Crippen LogP contribution in [0.25, 0.3) is 0 Å². The van der Waals surface area contributed by atoms with E-state index < -0.39 is 0 Å². The molecule has 1 aliphatic heterocycles. The van der Waals surface area contributed by atoms with E-state index in [1.165, 1.54) is 0 Å². The van der Waals surface area contributed by atoms with Crippen LogP contribution >= 0.6 is 11.8 Å². The molecular weight excluding hydrogens is 222 g/mol. The molecule has 4 N–H and O–H groups in total. The number of likely N-dealkylation sites (N-methyl/N-ethyl adjacent to an activating group) is 1. The molecule has 2 rings (SSSR count). The van der Waals surface area contributed by atoms with E-state index in [0.29, 0.717) is 12.3 Å². The zero-order valence-electron chi connectivity index (χ0n) is 9.78. The molecule has 5 heteroatoms. The second-order valence-corrected chi connectivity index (χ2v) is 5.39. The van der Waals surface area contributed by atoms with Gasteiger partial charge < -0.3 is 16.2 Å². The first-order chi connectivity index (χ1) is 7.50. The summed E-state index contributed by atoms with van der Waals surface area (Å²) in [4.78, 5) is 3.08. The summed E-state index contributed by atoms with van der Waals surface area (Å²) in [5.74, 6) is 0.751. The molecule has 0 saturated carbocycles. The quantitative estimate of drug-likeness (QED) is 0.728. The van der Waals surface area contributed by atoms with Crippen LogP contribution in [0.2, 0.25) is 0 Å². The highest BCUT2D eigenvalue weighted by atomic mass is 32.2. The van der Waals surface area contributed by atoms with Crippen molar-refractivity contribution in [3.05, 3.63) is 11.6 Å². The Morgan fingerprint density at radius 2 is 2.12 bits per heavy atom. The monoisotopic (exact) mass is 239 g/mol. The molecule has 16 heavy (non-hydrogen) atoms. The lowest BCUT2D eigenvalue weighted by atomic mass is 10.1. The van der Waals surface area contributed by atoms with Gasteiger partial charge in [-0.2, -0.15) is 0 Å². The molecule has 4 nitrogen and oxygen atoms in total. The molecule has 1 heterocycles. The topological polar surface area (TPSA) is 64.5 Å². The molecule has 1 unspecified atom stereocenters. The van der Waals surface area contributed by atoms with Crippen LogP contribution in [0.15, 0.2) is 11.0 Å². The van der Waals surface area contributed by atoms with E-state index >= 15 is 0 Å². The van der Waals surface area contributed by atoms with Crippen molar-refractivity contribution in [2.45, 2.75) is 17.2 Å². The van der Waals surface area contributed by atoms with Crippen LogP contribution in [-0.2, 0) is 0 Å². The summed E-state index contributed by atoms with van der Waals surface area (Å²) in [6.45, 7) is 2.58. The summed E-state index contributed by atoms with van der Waals surface area (Å²) in [7, 11) is 4.06. The Labute approximate surface area is 99.9 Å². The average molecular weight is 239 g/mol. The Morgan fingerprint density at radius 3 is 2.75 bits per heavy atom. The smallest absolute Gasteiger partial charge is 0.158 e. The highest BCUT2D eigenvalue weighted by Gasteiger charge is 2.26. The zero-order chi connectivity index (χ0) is 11.9. The molecular formula is C11H17N3OS. The van der Waals surface area contributed by atoms with Gasteiger partial charge in [0, 0.05) is 5.69 Å². The molecule has 0 radical (unpaired) electrons. The summed E-state index contributed by atoms with van der Waals surface area (Å²) in [6, 6.07) is 1.91. The fraction of sp³-hybridized carbons (Fsp3) is 0.455.